The lowest BCUT2D eigenvalue weighted by atomic mass is 9.82. The molecule has 5 heterocycles. The zero-order chi connectivity index (χ0) is 29.2. The number of hydrogen-bond donors (Lipinski definition) is 1. The van der Waals surface area contributed by atoms with E-state index in [1.165, 1.54) is 11.1 Å². The van der Waals surface area contributed by atoms with E-state index in [2.05, 4.69) is 42.8 Å². The van der Waals surface area contributed by atoms with Crippen molar-refractivity contribution in [3.05, 3.63) is 65.2 Å². The number of ether oxygens (including phenoxy) is 1. The number of aryl methyl sites for hydroxylation is 4. The number of hydrogen-bond acceptors (Lipinski definition) is 7. The molecule has 8 rings (SSSR count). The molecular weight excluding hydrogens is 544 g/mol. The molecule has 2 aliphatic heterocycles. The summed E-state index contributed by atoms with van der Waals surface area (Å²) in [5.74, 6) is 1.27. The molecule has 0 bridgehead atoms. The van der Waals surface area contributed by atoms with Gasteiger partial charge in [0.05, 0.1) is 16.8 Å². The normalized spacial score (nSPS) is 15.9. The van der Waals surface area contributed by atoms with Crippen LogP contribution in [0.25, 0.3) is 32.9 Å². The molecule has 218 valence electrons. The average Bonchev–Trinajstić information content (AvgIpc) is 3.72. The minimum atomic E-state index is -0.0400. The van der Waals surface area contributed by atoms with E-state index >= 15 is 0 Å². The Hall–Kier alpha value is -4.93. The molecule has 11 nitrogen and oxygen atoms in total. The highest BCUT2D eigenvalue weighted by Gasteiger charge is 2.35. The number of benzene rings is 2. The Morgan fingerprint density at radius 2 is 1.86 bits per heavy atom. The number of carbonyl (C=O) groups is 2. The first-order valence-corrected chi connectivity index (χ1v) is 14.9. The molecule has 0 unspecified atom stereocenters. The summed E-state index contributed by atoms with van der Waals surface area (Å²) in [5.41, 5.74) is 8.44. The fourth-order valence-corrected chi connectivity index (χ4v) is 7.16. The first-order chi connectivity index (χ1) is 21.0. The van der Waals surface area contributed by atoms with Crippen molar-refractivity contribution in [2.24, 2.45) is 7.05 Å². The first kappa shape index (κ1) is 25.8. The predicted molar refractivity (Wildman–Crippen MR) is 162 cm³/mol. The van der Waals surface area contributed by atoms with Crippen molar-refractivity contribution in [3.8, 4) is 16.9 Å². The van der Waals surface area contributed by atoms with E-state index < -0.39 is 0 Å². The lowest BCUT2D eigenvalue weighted by Gasteiger charge is -2.34. The molecule has 3 aromatic heterocycles. The van der Waals surface area contributed by atoms with Crippen LogP contribution in [0, 0.1) is 0 Å². The van der Waals surface area contributed by atoms with Gasteiger partial charge < -0.3 is 24.4 Å². The van der Waals surface area contributed by atoms with Gasteiger partial charge in [0.15, 0.2) is 6.61 Å². The Morgan fingerprint density at radius 3 is 2.65 bits per heavy atom. The molecule has 11 heteroatoms. The van der Waals surface area contributed by atoms with Crippen LogP contribution in [0.1, 0.15) is 34.1 Å². The summed E-state index contributed by atoms with van der Waals surface area (Å²) in [6.07, 6.45) is 7.18. The third-order valence-corrected chi connectivity index (χ3v) is 9.06. The van der Waals surface area contributed by atoms with Crippen molar-refractivity contribution in [2.75, 3.05) is 37.7 Å². The van der Waals surface area contributed by atoms with Crippen LogP contribution < -0.4 is 15.0 Å². The number of nitrogens with one attached hydrogen (secondary N) is 1. The van der Waals surface area contributed by atoms with E-state index in [0.717, 1.165) is 63.6 Å². The molecule has 1 N–H and O–H groups in total. The van der Waals surface area contributed by atoms with Crippen molar-refractivity contribution < 1.29 is 14.3 Å². The number of carbonyl (C=O) groups excluding carboxylic acids is 2. The Balaban J connectivity index is 1.12. The van der Waals surface area contributed by atoms with Gasteiger partial charge in [0.25, 0.3) is 11.8 Å². The van der Waals surface area contributed by atoms with Gasteiger partial charge in [0, 0.05) is 92.3 Å². The van der Waals surface area contributed by atoms with E-state index in [1.807, 2.05) is 35.0 Å². The van der Waals surface area contributed by atoms with Crippen LogP contribution in [0.15, 0.2) is 42.9 Å². The minimum Gasteiger partial charge on any atom is -0.484 e. The molecule has 0 atom stereocenters. The Kier molecular flexibility index (Phi) is 5.88. The standard InChI is InChI=1S/C32H32N8O3/c1-3-40-25-8-5-19(43-18-26(41)38-11-13-39(14-12-38)32-33-9-4-10-34-32)15-21(25)28-22-16-35-31(42)29(22)27-20(30(28)40)6-7-24-23(27)17-37(2)36-24/h4-5,8-10,15,17H,3,6-7,11-14,16,18H2,1-2H3,(H,35,42). The van der Waals surface area contributed by atoms with Crippen LogP contribution in [0.5, 0.6) is 5.75 Å². The summed E-state index contributed by atoms with van der Waals surface area (Å²) < 4.78 is 10.3. The van der Waals surface area contributed by atoms with Gasteiger partial charge in [-0.2, -0.15) is 5.10 Å². The maximum absolute atomic E-state index is 13.3. The number of rotatable bonds is 5. The van der Waals surface area contributed by atoms with Gasteiger partial charge >= 0.3 is 0 Å². The topological polar surface area (TPSA) is 110 Å². The molecule has 2 amide bonds. The fraction of sp³-hybridized carbons (Fsp3) is 0.344. The van der Waals surface area contributed by atoms with Crippen LogP contribution >= 0.6 is 0 Å². The Morgan fingerprint density at radius 1 is 1.05 bits per heavy atom. The smallest absolute Gasteiger partial charge is 0.260 e. The maximum atomic E-state index is 13.3. The number of aromatic nitrogens is 5. The Labute approximate surface area is 248 Å². The highest BCUT2D eigenvalue weighted by Crippen LogP contribution is 2.47. The highest BCUT2D eigenvalue weighted by molar-refractivity contribution is 6.19. The van der Waals surface area contributed by atoms with E-state index in [0.29, 0.717) is 44.4 Å². The summed E-state index contributed by atoms with van der Waals surface area (Å²) in [6, 6.07) is 7.86. The average molecular weight is 577 g/mol. The zero-order valence-corrected chi connectivity index (χ0v) is 24.3. The van der Waals surface area contributed by atoms with Crippen LogP contribution in [0.4, 0.5) is 5.95 Å². The molecule has 1 saturated heterocycles. The van der Waals surface area contributed by atoms with Gasteiger partial charge in [0.2, 0.25) is 5.95 Å². The molecule has 0 saturated carbocycles. The second-order valence-corrected chi connectivity index (χ2v) is 11.4. The van der Waals surface area contributed by atoms with Crippen molar-refractivity contribution in [1.82, 2.24) is 34.5 Å². The molecule has 5 aromatic rings. The minimum absolute atomic E-state index is 0.0285. The quantitative estimate of drug-likeness (QED) is 0.342. The lowest BCUT2D eigenvalue weighted by Crippen LogP contribution is -2.50. The highest BCUT2D eigenvalue weighted by atomic mass is 16.5. The molecule has 2 aromatic carbocycles. The van der Waals surface area contributed by atoms with Crippen LogP contribution in [-0.4, -0.2) is 73.8 Å². The van der Waals surface area contributed by atoms with Crippen LogP contribution in [0.3, 0.4) is 0 Å². The largest absolute Gasteiger partial charge is 0.484 e. The zero-order valence-electron chi connectivity index (χ0n) is 24.3. The number of anilines is 1. The van der Waals surface area contributed by atoms with Crippen molar-refractivity contribution in [2.45, 2.75) is 32.9 Å². The van der Waals surface area contributed by atoms with Crippen molar-refractivity contribution >= 4 is 39.6 Å². The molecule has 3 aliphatic rings. The number of amides is 2. The molecule has 43 heavy (non-hydrogen) atoms. The molecule has 0 spiro atoms. The van der Waals surface area contributed by atoms with Gasteiger partial charge in [-0.05, 0) is 55.2 Å². The van der Waals surface area contributed by atoms with E-state index in [9.17, 15) is 9.59 Å². The predicted octanol–water partition coefficient (Wildman–Crippen LogP) is 3.07. The summed E-state index contributed by atoms with van der Waals surface area (Å²) in [4.78, 5) is 38.9. The molecular formula is C32H32N8O3. The lowest BCUT2D eigenvalue weighted by molar-refractivity contribution is -0.133. The first-order valence-electron chi connectivity index (χ1n) is 14.9. The monoisotopic (exact) mass is 576 g/mol. The van der Waals surface area contributed by atoms with Crippen LogP contribution in [0.2, 0.25) is 0 Å². The second-order valence-electron chi connectivity index (χ2n) is 11.4. The third-order valence-electron chi connectivity index (χ3n) is 9.06. The summed E-state index contributed by atoms with van der Waals surface area (Å²) >= 11 is 0. The van der Waals surface area contributed by atoms with Crippen molar-refractivity contribution in [3.63, 3.8) is 0 Å². The van der Waals surface area contributed by atoms with Crippen LogP contribution in [-0.2, 0) is 37.8 Å². The SMILES string of the molecule is CCn1c2ccc(OCC(=O)N3CCN(c4ncccn4)CC3)cc2c2c3c(c4c(c21)CCc1nn(C)cc1-4)C(=O)NC3. The van der Waals surface area contributed by atoms with Gasteiger partial charge in [-0.15, -0.1) is 0 Å². The number of nitrogens with zero attached hydrogens (tertiary/aromatic N) is 7. The molecule has 1 aliphatic carbocycles. The summed E-state index contributed by atoms with van der Waals surface area (Å²) in [6.45, 7) is 5.97. The van der Waals surface area contributed by atoms with Gasteiger partial charge in [-0.3, -0.25) is 14.3 Å². The van der Waals surface area contributed by atoms with Gasteiger partial charge in [-0.25, -0.2) is 9.97 Å². The number of piperazine rings is 1. The third kappa shape index (κ3) is 3.98. The summed E-state index contributed by atoms with van der Waals surface area (Å²) in [7, 11) is 1.94. The van der Waals surface area contributed by atoms with E-state index in [1.54, 1.807) is 18.5 Å². The van der Waals surface area contributed by atoms with Gasteiger partial charge in [-0.1, -0.05) is 0 Å². The maximum Gasteiger partial charge on any atom is 0.260 e. The Bertz CT molecular complexity index is 1940. The second kappa shape index (κ2) is 9.82. The van der Waals surface area contributed by atoms with E-state index in [4.69, 9.17) is 4.74 Å². The van der Waals surface area contributed by atoms with Crippen molar-refractivity contribution in [1.29, 1.82) is 0 Å². The fourth-order valence-electron chi connectivity index (χ4n) is 7.16. The van der Waals surface area contributed by atoms with E-state index in [-0.39, 0.29) is 18.4 Å². The molecule has 1 fully saturated rings. The number of fused-ring (bicyclic) bond motifs is 10. The molecule has 0 radical (unpaired) electrons. The van der Waals surface area contributed by atoms with Gasteiger partial charge in [0.1, 0.15) is 5.75 Å². The summed E-state index contributed by atoms with van der Waals surface area (Å²) in [5, 5.41) is 9.93.